The van der Waals surface area contributed by atoms with Gasteiger partial charge in [-0.2, -0.15) is 0 Å². The third kappa shape index (κ3) is 7.80. The summed E-state index contributed by atoms with van der Waals surface area (Å²) in [5, 5.41) is 2.49. The first-order valence-electron chi connectivity index (χ1n) is 20.4. The van der Waals surface area contributed by atoms with Gasteiger partial charge >= 0.3 is 0 Å². The van der Waals surface area contributed by atoms with Gasteiger partial charge in [0.15, 0.2) is 0 Å². The lowest BCUT2D eigenvalue weighted by Gasteiger charge is -2.27. The molecule has 0 fully saturated rings. The average Bonchev–Trinajstić information content (AvgIpc) is 3.32. The standard InChI is InChI=1S/C58H45N/c1-3-15-42(4-2)45-30-34-52(35-31-45)59(53-36-32-47(33-37-53)51-29-26-44-18-11-12-21-50(44)40-51)54-38-39-57(56-23-14-13-22-55(56)48-19-9-6-10-20-48)58(41-54)49-27-24-46(25-28-49)43-16-7-5-8-17-43/h3-41H,1-2H3/b15-3-,42-4+. The summed E-state index contributed by atoms with van der Waals surface area (Å²) in [6.07, 6.45) is 6.43. The molecule has 0 aromatic heterocycles. The average molecular weight is 756 g/mol. The van der Waals surface area contributed by atoms with Crippen LogP contribution in [0.2, 0.25) is 0 Å². The maximum absolute atomic E-state index is 2.38. The van der Waals surface area contributed by atoms with Crippen molar-refractivity contribution in [3.63, 3.8) is 0 Å². The van der Waals surface area contributed by atoms with Crippen molar-refractivity contribution >= 4 is 33.4 Å². The predicted molar refractivity (Wildman–Crippen MR) is 254 cm³/mol. The molecule has 1 nitrogen and oxygen atoms in total. The Bertz CT molecular complexity index is 2900. The van der Waals surface area contributed by atoms with Crippen molar-refractivity contribution in [1.82, 2.24) is 0 Å². The maximum Gasteiger partial charge on any atom is 0.0468 e. The lowest BCUT2D eigenvalue weighted by Crippen LogP contribution is -2.10. The van der Waals surface area contributed by atoms with Crippen molar-refractivity contribution in [1.29, 1.82) is 0 Å². The second kappa shape index (κ2) is 16.9. The zero-order valence-corrected chi connectivity index (χ0v) is 33.5. The molecule has 0 radical (unpaired) electrons. The van der Waals surface area contributed by atoms with E-state index in [2.05, 4.69) is 255 Å². The zero-order valence-electron chi connectivity index (χ0n) is 33.5. The molecule has 0 saturated heterocycles. The van der Waals surface area contributed by atoms with Crippen LogP contribution >= 0.6 is 0 Å². The number of rotatable bonds is 10. The highest BCUT2D eigenvalue weighted by atomic mass is 15.1. The van der Waals surface area contributed by atoms with Crippen molar-refractivity contribution in [2.24, 2.45) is 0 Å². The van der Waals surface area contributed by atoms with Gasteiger partial charge in [0.05, 0.1) is 0 Å². The molecule has 0 bridgehead atoms. The Labute approximate surface area is 348 Å². The van der Waals surface area contributed by atoms with Gasteiger partial charge in [-0.15, -0.1) is 0 Å². The minimum absolute atomic E-state index is 1.08. The summed E-state index contributed by atoms with van der Waals surface area (Å²) in [6.45, 7) is 4.16. The Kier molecular flexibility index (Phi) is 10.7. The van der Waals surface area contributed by atoms with Gasteiger partial charge in [-0.05, 0) is 134 Å². The largest absolute Gasteiger partial charge is 0.310 e. The normalized spacial score (nSPS) is 11.6. The van der Waals surface area contributed by atoms with Crippen LogP contribution in [0.1, 0.15) is 19.4 Å². The highest BCUT2D eigenvalue weighted by Gasteiger charge is 2.19. The lowest BCUT2D eigenvalue weighted by molar-refractivity contribution is 1.28. The van der Waals surface area contributed by atoms with Gasteiger partial charge in [0.1, 0.15) is 0 Å². The number of nitrogens with zero attached hydrogens (tertiary/aromatic N) is 1. The molecule has 0 aliphatic heterocycles. The fourth-order valence-corrected chi connectivity index (χ4v) is 8.17. The molecule has 9 aromatic rings. The SMILES string of the molecule is C/C=C\C(=C/C)c1ccc(N(c2ccc(-c3ccc4ccccc4c3)cc2)c2ccc(-c3ccccc3-c3ccccc3)c(-c3ccc(-c4ccccc4)cc3)c2)cc1. The van der Waals surface area contributed by atoms with Crippen LogP contribution in [-0.2, 0) is 0 Å². The van der Waals surface area contributed by atoms with Gasteiger partial charge in [-0.25, -0.2) is 0 Å². The molecule has 9 rings (SSSR count). The van der Waals surface area contributed by atoms with E-state index in [-0.39, 0.29) is 0 Å². The van der Waals surface area contributed by atoms with Crippen molar-refractivity contribution in [3.05, 3.63) is 242 Å². The Morgan fingerprint density at radius 3 is 1.49 bits per heavy atom. The molecule has 0 heterocycles. The number of allylic oxidation sites excluding steroid dienone is 4. The Balaban J connectivity index is 1.20. The van der Waals surface area contributed by atoms with Crippen LogP contribution in [0.15, 0.2) is 237 Å². The maximum atomic E-state index is 2.38. The van der Waals surface area contributed by atoms with Gasteiger partial charge in [-0.1, -0.05) is 194 Å². The number of anilines is 3. The van der Waals surface area contributed by atoms with Crippen LogP contribution < -0.4 is 4.90 Å². The molecule has 0 amide bonds. The van der Waals surface area contributed by atoms with E-state index in [1.54, 1.807) is 0 Å². The molecular formula is C58H45N. The number of fused-ring (bicyclic) bond motifs is 1. The Morgan fingerprint density at radius 1 is 0.339 bits per heavy atom. The Hall–Kier alpha value is -7.48. The summed E-state index contributed by atoms with van der Waals surface area (Å²) < 4.78 is 0. The van der Waals surface area contributed by atoms with E-state index in [0.29, 0.717) is 0 Å². The quantitative estimate of drug-likeness (QED) is 0.126. The molecule has 0 N–H and O–H groups in total. The van der Waals surface area contributed by atoms with Crippen molar-refractivity contribution in [3.8, 4) is 55.6 Å². The Morgan fingerprint density at radius 2 is 0.814 bits per heavy atom. The highest BCUT2D eigenvalue weighted by Crippen LogP contribution is 2.44. The van der Waals surface area contributed by atoms with Crippen LogP contribution in [0.25, 0.3) is 72.0 Å². The number of hydrogen-bond acceptors (Lipinski definition) is 1. The van der Waals surface area contributed by atoms with Crippen molar-refractivity contribution < 1.29 is 0 Å². The zero-order chi connectivity index (χ0) is 40.0. The minimum Gasteiger partial charge on any atom is -0.310 e. The van der Waals surface area contributed by atoms with E-state index in [1.807, 2.05) is 0 Å². The van der Waals surface area contributed by atoms with Crippen LogP contribution in [-0.4, -0.2) is 0 Å². The summed E-state index contributed by atoms with van der Waals surface area (Å²) in [4.78, 5) is 2.38. The van der Waals surface area contributed by atoms with Gasteiger partial charge in [0, 0.05) is 17.1 Å². The topological polar surface area (TPSA) is 3.24 Å². The predicted octanol–water partition coefficient (Wildman–Crippen LogP) is 16.6. The first-order valence-corrected chi connectivity index (χ1v) is 20.4. The smallest absolute Gasteiger partial charge is 0.0468 e. The van der Waals surface area contributed by atoms with Crippen molar-refractivity contribution in [2.45, 2.75) is 13.8 Å². The fraction of sp³-hybridized carbons (Fsp3) is 0.0345. The van der Waals surface area contributed by atoms with E-state index >= 15 is 0 Å². The number of benzene rings is 9. The molecule has 0 aliphatic carbocycles. The summed E-state index contributed by atoms with van der Waals surface area (Å²) in [5.74, 6) is 0. The van der Waals surface area contributed by atoms with E-state index < -0.39 is 0 Å². The molecular weight excluding hydrogens is 711 g/mol. The van der Waals surface area contributed by atoms with E-state index in [9.17, 15) is 0 Å². The molecule has 0 saturated carbocycles. The van der Waals surface area contributed by atoms with Gasteiger partial charge in [0.25, 0.3) is 0 Å². The highest BCUT2D eigenvalue weighted by molar-refractivity contribution is 5.95. The molecule has 59 heavy (non-hydrogen) atoms. The summed E-state index contributed by atoms with van der Waals surface area (Å²) in [5.41, 5.74) is 17.6. The first kappa shape index (κ1) is 37.1. The molecule has 1 heteroatoms. The van der Waals surface area contributed by atoms with Gasteiger partial charge < -0.3 is 4.90 Å². The van der Waals surface area contributed by atoms with Crippen LogP contribution in [0.3, 0.4) is 0 Å². The van der Waals surface area contributed by atoms with E-state index in [0.717, 1.165) is 22.6 Å². The monoisotopic (exact) mass is 755 g/mol. The molecule has 0 atom stereocenters. The summed E-state index contributed by atoms with van der Waals surface area (Å²) in [7, 11) is 0. The second-order valence-corrected chi connectivity index (χ2v) is 14.8. The van der Waals surface area contributed by atoms with Crippen LogP contribution in [0.4, 0.5) is 17.1 Å². The summed E-state index contributed by atoms with van der Waals surface area (Å²) >= 11 is 0. The minimum atomic E-state index is 1.08. The molecule has 0 spiro atoms. The van der Waals surface area contributed by atoms with Gasteiger partial charge in [0.2, 0.25) is 0 Å². The molecule has 0 aliphatic rings. The third-order valence-electron chi connectivity index (χ3n) is 11.2. The molecule has 282 valence electrons. The fourth-order valence-electron chi connectivity index (χ4n) is 8.17. The molecule has 0 unspecified atom stereocenters. The summed E-state index contributed by atoms with van der Waals surface area (Å²) in [6, 6.07) is 79.3. The lowest BCUT2D eigenvalue weighted by atomic mass is 9.88. The van der Waals surface area contributed by atoms with Crippen LogP contribution in [0, 0.1) is 0 Å². The third-order valence-corrected chi connectivity index (χ3v) is 11.2. The molecule has 9 aromatic carbocycles. The van der Waals surface area contributed by atoms with E-state index in [1.165, 1.54) is 72.0 Å². The first-order chi connectivity index (χ1) is 29.2. The van der Waals surface area contributed by atoms with E-state index in [4.69, 9.17) is 0 Å². The van der Waals surface area contributed by atoms with Gasteiger partial charge in [-0.3, -0.25) is 0 Å². The second-order valence-electron chi connectivity index (χ2n) is 14.8. The number of hydrogen-bond donors (Lipinski definition) is 0. The van der Waals surface area contributed by atoms with Crippen LogP contribution in [0.5, 0.6) is 0 Å². The van der Waals surface area contributed by atoms with Crippen molar-refractivity contribution in [2.75, 3.05) is 4.90 Å².